The molecule has 0 saturated heterocycles. The van der Waals surface area contributed by atoms with Crippen LogP contribution in [0.4, 0.5) is 4.39 Å². The van der Waals surface area contributed by atoms with Crippen molar-refractivity contribution in [3.8, 4) is 22.4 Å². The van der Waals surface area contributed by atoms with E-state index >= 15 is 0 Å². The summed E-state index contributed by atoms with van der Waals surface area (Å²) in [7, 11) is 1.57. The number of aromatic amines is 2. The second-order valence-corrected chi connectivity index (χ2v) is 8.56. The molecule has 0 bridgehead atoms. The van der Waals surface area contributed by atoms with Crippen LogP contribution in [0.25, 0.3) is 33.4 Å². The number of halogens is 2. The summed E-state index contributed by atoms with van der Waals surface area (Å²) in [5, 5.41) is 18.0. The van der Waals surface area contributed by atoms with E-state index in [-0.39, 0.29) is 17.5 Å². The quantitative estimate of drug-likeness (QED) is 0.304. The smallest absolute Gasteiger partial charge is 0.270 e. The largest absolute Gasteiger partial charge is 0.394 e. The molecule has 5 aromatic rings. The average molecular weight is 490 g/mol. The number of rotatable bonds is 6. The Kier molecular flexibility index (Phi) is 6.07. The predicted molar refractivity (Wildman–Crippen MR) is 132 cm³/mol. The van der Waals surface area contributed by atoms with Crippen LogP contribution in [0, 0.1) is 5.82 Å². The Morgan fingerprint density at radius 2 is 1.91 bits per heavy atom. The first-order valence-corrected chi connectivity index (χ1v) is 11.3. The van der Waals surface area contributed by atoms with Gasteiger partial charge in [0.15, 0.2) is 5.65 Å². The molecule has 0 aliphatic rings. The first-order valence-electron chi connectivity index (χ1n) is 10.9. The van der Waals surface area contributed by atoms with E-state index in [0.717, 1.165) is 16.5 Å². The number of nitrogens with one attached hydrogen (secondary N) is 2. The van der Waals surface area contributed by atoms with Crippen molar-refractivity contribution in [2.24, 2.45) is 0 Å². The highest BCUT2D eigenvalue weighted by Crippen LogP contribution is 2.31. The zero-order valence-electron chi connectivity index (χ0n) is 18.7. The summed E-state index contributed by atoms with van der Waals surface area (Å²) < 4.78 is 13.6. The molecule has 0 aliphatic heterocycles. The van der Waals surface area contributed by atoms with Crippen LogP contribution < -0.4 is 0 Å². The Morgan fingerprint density at radius 1 is 1.11 bits per heavy atom. The number of carbonyl (C=O) groups excluding carboxylic acids is 1. The molecule has 0 aliphatic carbocycles. The van der Waals surface area contributed by atoms with Crippen LogP contribution in [0.1, 0.15) is 22.1 Å². The van der Waals surface area contributed by atoms with Crippen molar-refractivity contribution >= 4 is 28.5 Å². The van der Waals surface area contributed by atoms with Gasteiger partial charge in [-0.05, 0) is 35.4 Å². The molecule has 0 radical (unpaired) electrons. The van der Waals surface area contributed by atoms with Crippen LogP contribution in [0.2, 0.25) is 5.02 Å². The molecule has 3 N–H and O–H groups in total. The topological polar surface area (TPSA) is 97.9 Å². The summed E-state index contributed by atoms with van der Waals surface area (Å²) >= 11 is 5.89. The van der Waals surface area contributed by atoms with Gasteiger partial charge in [-0.1, -0.05) is 48.0 Å². The first kappa shape index (κ1) is 22.8. The van der Waals surface area contributed by atoms with Crippen LogP contribution in [0.5, 0.6) is 0 Å². The molecule has 0 fully saturated rings. The molecule has 9 heteroatoms. The van der Waals surface area contributed by atoms with Crippen LogP contribution in [-0.2, 0) is 0 Å². The molecular weight excluding hydrogens is 469 g/mol. The van der Waals surface area contributed by atoms with Crippen LogP contribution in [-0.4, -0.2) is 49.7 Å². The number of aliphatic hydroxyl groups excluding tert-OH is 1. The number of hydrogen-bond donors (Lipinski definition) is 3. The summed E-state index contributed by atoms with van der Waals surface area (Å²) in [5.41, 5.74) is 4.85. The molecule has 2 aromatic carbocycles. The Morgan fingerprint density at radius 3 is 2.66 bits per heavy atom. The van der Waals surface area contributed by atoms with Crippen molar-refractivity contribution in [2.45, 2.75) is 6.04 Å². The fraction of sp³-hybridized carbons (Fsp3) is 0.115. The van der Waals surface area contributed by atoms with Gasteiger partial charge in [0.25, 0.3) is 5.91 Å². The second-order valence-electron chi connectivity index (χ2n) is 8.15. The molecule has 35 heavy (non-hydrogen) atoms. The molecule has 5 rings (SSSR count). The number of pyridine rings is 1. The lowest BCUT2D eigenvalue weighted by Gasteiger charge is -2.26. The molecule has 7 nitrogen and oxygen atoms in total. The van der Waals surface area contributed by atoms with Gasteiger partial charge in [0, 0.05) is 36.0 Å². The van der Waals surface area contributed by atoms with E-state index in [1.807, 2.05) is 36.4 Å². The predicted octanol–water partition coefficient (Wildman–Crippen LogP) is 5.22. The van der Waals surface area contributed by atoms with Crippen LogP contribution in [0.3, 0.4) is 0 Å². The van der Waals surface area contributed by atoms with Gasteiger partial charge < -0.3 is 15.0 Å². The zero-order valence-corrected chi connectivity index (χ0v) is 19.4. The Balaban J connectivity index is 1.44. The molecule has 1 amide bonds. The summed E-state index contributed by atoms with van der Waals surface area (Å²) in [6.45, 7) is -0.351. The van der Waals surface area contributed by atoms with Gasteiger partial charge >= 0.3 is 0 Å². The maximum atomic E-state index is 13.6. The van der Waals surface area contributed by atoms with E-state index in [0.29, 0.717) is 28.2 Å². The standard InChI is InChI=1S/C26H21ClFN5O2/c1-33(23(14-34)16-7-8-21(28)20(27)10-16)26(35)22-11-18(13-29-22)24-19-9-17(12-30-25(19)32-31-24)15-5-3-2-4-6-15/h2-13,23,29,34H,14H2,1H3,(H,30,31,32). The molecule has 1 atom stereocenters. The molecular formula is C26H21ClFN5O2. The maximum Gasteiger partial charge on any atom is 0.270 e. The van der Waals surface area contributed by atoms with E-state index in [1.54, 1.807) is 25.5 Å². The van der Waals surface area contributed by atoms with E-state index in [4.69, 9.17) is 11.6 Å². The number of fused-ring (bicyclic) bond motifs is 1. The van der Waals surface area contributed by atoms with Crippen molar-refractivity contribution in [1.82, 2.24) is 25.1 Å². The maximum absolute atomic E-state index is 13.6. The summed E-state index contributed by atoms with van der Waals surface area (Å²) in [5.74, 6) is -0.912. The van der Waals surface area contributed by atoms with Crippen LogP contribution in [0.15, 0.2) is 73.1 Å². The van der Waals surface area contributed by atoms with Crippen LogP contribution >= 0.6 is 11.6 Å². The highest BCUT2D eigenvalue weighted by atomic mass is 35.5. The number of aliphatic hydroxyl groups is 1. The summed E-state index contributed by atoms with van der Waals surface area (Å²) in [4.78, 5) is 22.1. The van der Waals surface area contributed by atoms with E-state index in [1.165, 1.54) is 23.1 Å². The number of nitrogens with zero attached hydrogens (tertiary/aromatic N) is 3. The van der Waals surface area contributed by atoms with Crippen molar-refractivity contribution < 1.29 is 14.3 Å². The molecule has 1 unspecified atom stereocenters. The van der Waals surface area contributed by atoms with Gasteiger partial charge in [-0.15, -0.1) is 0 Å². The Labute approximate surface area is 205 Å². The second kappa shape index (κ2) is 9.32. The minimum atomic E-state index is -0.698. The van der Waals surface area contributed by atoms with Gasteiger partial charge in [0.2, 0.25) is 0 Å². The number of H-pyrrole nitrogens is 2. The highest BCUT2D eigenvalue weighted by Gasteiger charge is 2.24. The fourth-order valence-corrected chi connectivity index (χ4v) is 4.26. The number of likely N-dealkylation sites (N-methyl/N-ethyl adjacent to an activating group) is 1. The van der Waals surface area contributed by atoms with Crippen molar-refractivity contribution in [3.05, 3.63) is 95.2 Å². The summed E-state index contributed by atoms with van der Waals surface area (Å²) in [6, 6.07) is 17.1. The zero-order chi connectivity index (χ0) is 24.5. The number of aromatic nitrogens is 4. The third-order valence-electron chi connectivity index (χ3n) is 6.00. The minimum Gasteiger partial charge on any atom is -0.394 e. The Bertz CT molecular complexity index is 1520. The third kappa shape index (κ3) is 4.29. The number of benzene rings is 2. The molecule has 0 spiro atoms. The lowest BCUT2D eigenvalue weighted by Crippen LogP contribution is -2.33. The van der Waals surface area contributed by atoms with E-state index < -0.39 is 11.9 Å². The van der Waals surface area contributed by atoms with Crippen molar-refractivity contribution in [1.29, 1.82) is 0 Å². The number of carbonyl (C=O) groups is 1. The molecule has 3 aromatic heterocycles. The molecule has 176 valence electrons. The van der Waals surface area contributed by atoms with Crippen molar-refractivity contribution in [2.75, 3.05) is 13.7 Å². The van der Waals surface area contributed by atoms with Crippen molar-refractivity contribution in [3.63, 3.8) is 0 Å². The van der Waals surface area contributed by atoms with Gasteiger partial charge in [0.05, 0.1) is 17.7 Å². The minimum absolute atomic E-state index is 0.0714. The van der Waals surface area contributed by atoms with Gasteiger partial charge in [-0.2, -0.15) is 5.10 Å². The number of amides is 1. The van der Waals surface area contributed by atoms with Gasteiger partial charge in [0.1, 0.15) is 17.2 Å². The number of hydrogen-bond acceptors (Lipinski definition) is 4. The van der Waals surface area contributed by atoms with Gasteiger partial charge in [-0.25, -0.2) is 9.37 Å². The SMILES string of the molecule is CN(C(=O)c1cc(-c2n[nH]c3ncc(-c4ccccc4)cc23)c[nH]1)C(CO)c1ccc(F)c(Cl)c1. The normalized spacial score (nSPS) is 12.1. The van der Waals surface area contributed by atoms with E-state index in [2.05, 4.69) is 20.2 Å². The van der Waals surface area contributed by atoms with E-state index in [9.17, 15) is 14.3 Å². The molecule has 3 heterocycles. The monoisotopic (exact) mass is 489 g/mol. The highest BCUT2D eigenvalue weighted by molar-refractivity contribution is 6.30. The average Bonchev–Trinajstić information content (AvgIpc) is 3.53. The third-order valence-corrected chi connectivity index (χ3v) is 6.29. The fourth-order valence-electron chi connectivity index (χ4n) is 4.07. The molecule has 0 saturated carbocycles. The Hall–Kier alpha value is -4.01. The summed E-state index contributed by atoms with van der Waals surface area (Å²) in [6.07, 6.45) is 3.49. The lowest BCUT2D eigenvalue weighted by molar-refractivity contribution is 0.0653. The van der Waals surface area contributed by atoms with Gasteiger partial charge in [-0.3, -0.25) is 9.89 Å². The lowest BCUT2D eigenvalue weighted by atomic mass is 10.0. The first-order chi connectivity index (χ1) is 17.0.